The molecule has 1 aliphatic rings. The van der Waals surface area contributed by atoms with E-state index in [1.54, 1.807) is 12.2 Å². The number of aromatic amines is 1. The minimum absolute atomic E-state index is 0.272. The Hall–Kier alpha value is -4.06. The molecule has 0 unspecified atom stereocenters. The molecule has 42 heavy (non-hydrogen) atoms. The van der Waals surface area contributed by atoms with Gasteiger partial charge < -0.3 is 15.5 Å². The maximum absolute atomic E-state index is 16.4. The largest absolute Gasteiger partial charge is 0.371 e. The number of H-pyrrole nitrogens is 1. The summed E-state index contributed by atoms with van der Waals surface area (Å²) in [6.45, 7) is 34.3. The van der Waals surface area contributed by atoms with Crippen LogP contribution in [0.15, 0.2) is 102 Å². The maximum atomic E-state index is 16.4. The Morgan fingerprint density at radius 1 is 1.07 bits per heavy atom. The number of halogens is 1. The molecule has 5 nitrogen and oxygen atoms in total. The lowest BCUT2D eigenvalue weighted by Crippen LogP contribution is -2.31. The summed E-state index contributed by atoms with van der Waals surface area (Å²) in [6.07, 6.45) is 15.5. The van der Waals surface area contributed by atoms with Crippen molar-refractivity contribution in [3.8, 4) is 0 Å². The van der Waals surface area contributed by atoms with Crippen molar-refractivity contribution < 1.29 is 4.39 Å². The molecular formula is C36H50FN5. The topological polar surface area (TPSA) is 56.0 Å². The number of nitrogens with zero attached hydrogens (tertiary/aromatic N) is 2. The third kappa shape index (κ3) is 8.97. The summed E-state index contributed by atoms with van der Waals surface area (Å²) in [4.78, 5) is 2.39. The van der Waals surface area contributed by atoms with E-state index < -0.39 is 5.83 Å². The Balaban J connectivity index is 2.48. The summed E-state index contributed by atoms with van der Waals surface area (Å²) < 4.78 is 16.4. The molecule has 0 saturated carbocycles. The molecule has 1 fully saturated rings. The standard InChI is InChI=1S/C36H50FN5/c1-12-19-33(42-20-17-16-18-21-42)26(8)27(9)39-29(11)36-34(28(10)40-41-36)35(37)32(15-4)30(13-2)23-31(14-3)38-25(7)22-24(5)6/h12-15,19,23-24,38-40H,1,3,7,10-11,16-18,20-22H2,2,4-6,8-9H3/b27-26+,30-13+,31-23+,32-15-,33-19+,35-34-. The van der Waals surface area contributed by atoms with Gasteiger partial charge in [0.1, 0.15) is 11.5 Å². The van der Waals surface area contributed by atoms with Crippen molar-refractivity contribution >= 4 is 18.1 Å². The van der Waals surface area contributed by atoms with Gasteiger partial charge in [-0.1, -0.05) is 65.0 Å². The SMILES string of the molecule is C=C/C=C(\C(C)=C(/C)NC(=C)c1n[nH]c(=C)\c1=C(F)/C(=C\C)C(/C=C(\C=C)NC(=C)CC(C)C)=C/C)N1CCCCC1. The summed E-state index contributed by atoms with van der Waals surface area (Å²) >= 11 is 0. The molecule has 1 saturated heterocycles. The van der Waals surface area contributed by atoms with Crippen LogP contribution in [0.5, 0.6) is 0 Å². The van der Waals surface area contributed by atoms with Crippen molar-refractivity contribution in [2.24, 2.45) is 5.92 Å². The van der Waals surface area contributed by atoms with Gasteiger partial charge in [-0.25, -0.2) is 4.39 Å². The molecule has 0 aromatic carbocycles. The van der Waals surface area contributed by atoms with E-state index in [0.717, 1.165) is 47.9 Å². The molecule has 0 amide bonds. The molecular weight excluding hydrogens is 521 g/mol. The van der Waals surface area contributed by atoms with Crippen LogP contribution in [0.1, 0.15) is 72.9 Å². The van der Waals surface area contributed by atoms with Crippen molar-refractivity contribution in [2.75, 3.05) is 13.1 Å². The highest BCUT2D eigenvalue weighted by Gasteiger charge is 2.18. The van der Waals surface area contributed by atoms with E-state index >= 15 is 4.39 Å². The number of hydrogen-bond acceptors (Lipinski definition) is 4. The van der Waals surface area contributed by atoms with E-state index in [-0.39, 0.29) is 5.22 Å². The quantitative estimate of drug-likeness (QED) is 0.203. The van der Waals surface area contributed by atoms with Crippen molar-refractivity contribution in [2.45, 2.75) is 67.2 Å². The van der Waals surface area contributed by atoms with Gasteiger partial charge in [-0.15, -0.1) is 0 Å². The maximum Gasteiger partial charge on any atom is 0.142 e. The Morgan fingerprint density at radius 2 is 1.74 bits per heavy atom. The van der Waals surface area contributed by atoms with Crippen LogP contribution in [-0.4, -0.2) is 28.2 Å². The molecule has 0 atom stereocenters. The first-order valence-corrected chi connectivity index (χ1v) is 14.8. The number of likely N-dealkylation sites (tertiary alicyclic amines) is 1. The summed E-state index contributed by atoms with van der Waals surface area (Å²) in [5, 5.41) is 14.6. The number of piperidine rings is 1. The summed E-state index contributed by atoms with van der Waals surface area (Å²) in [5.41, 5.74) is 6.69. The Morgan fingerprint density at radius 3 is 2.29 bits per heavy atom. The Kier molecular flexibility index (Phi) is 13.3. The Labute approximate surface area is 252 Å². The second kappa shape index (κ2) is 16.4. The number of rotatable bonds is 14. The van der Waals surface area contributed by atoms with E-state index in [4.69, 9.17) is 0 Å². The zero-order valence-electron chi connectivity index (χ0n) is 26.6. The lowest BCUT2D eigenvalue weighted by Gasteiger charge is -2.32. The van der Waals surface area contributed by atoms with Crippen LogP contribution in [0.2, 0.25) is 0 Å². The molecule has 1 aromatic rings. The molecule has 2 rings (SSSR count). The highest BCUT2D eigenvalue weighted by molar-refractivity contribution is 5.72. The molecule has 1 aliphatic heterocycles. The Bertz CT molecular complexity index is 1440. The van der Waals surface area contributed by atoms with Crippen LogP contribution in [0, 0.1) is 5.92 Å². The number of allylic oxidation sites excluding steroid dienone is 11. The van der Waals surface area contributed by atoms with Crippen LogP contribution < -0.4 is 21.2 Å². The molecule has 0 spiro atoms. The van der Waals surface area contributed by atoms with E-state index in [2.05, 4.69) is 79.4 Å². The van der Waals surface area contributed by atoms with Gasteiger partial charge >= 0.3 is 0 Å². The average molecular weight is 572 g/mol. The highest BCUT2D eigenvalue weighted by atomic mass is 19.1. The first kappa shape index (κ1) is 34.1. The normalized spacial score (nSPS) is 16.6. The first-order valence-electron chi connectivity index (χ1n) is 14.8. The smallest absolute Gasteiger partial charge is 0.142 e. The molecule has 0 radical (unpaired) electrons. The van der Waals surface area contributed by atoms with Gasteiger partial charge in [0.15, 0.2) is 0 Å². The monoisotopic (exact) mass is 571 g/mol. The molecule has 6 heteroatoms. The van der Waals surface area contributed by atoms with Crippen LogP contribution >= 0.6 is 0 Å². The van der Waals surface area contributed by atoms with Gasteiger partial charge in [-0.2, -0.15) is 5.10 Å². The fourth-order valence-corrected chi connectivity index (χ4v) is 5.05. The minimum atomic E-state index is -0.443. The highest BCUT2D eigenvalue weighted by Crippen LogP contribution is 2.25. The van der Waals surface area contributed by atoms with Crippen molar-refractivity contribution in [3.05, 3.63) is 119 Å². The summed E-state index contributed by atoms with van der Waals surface area (Å²) in [7, 11) is 0. The van der Waals surface area contributed by atoms with Crippen LogP contribution in [0.25, 0.3) is 18.1 Å². The van der Waals surface area contributed by atoms with Crippen LogP contribution in [0.4, 0.5) is 4.39 Å². The fourth-order valence-electron chi connectivity index (χ4n) is 5.05. The fraction of sp³-hybridized carbons (Fsp3) is 0.361. The minimum Gasteiger partial charge on any atom is -0.371 e. The lowest BCUT2D eigenvalue weighted by molar-refractivity contribution is 0.289. The third-order valence-electron chi connectivity index (χ3n) is 7.26. The predicted molar refractivity (Wildman–Crippen MR) is 180 cm³/mol. The van der Waals surface area contributed by atoms with Crippen molar-refractivity contribution in [1.82, 2.24) is 25.7 Å². The predicted octanol–water partition coefficient (Wildman–Crippen LogP) is 7.42. The molecule has 2 heterocycles. The number of hydrogen-bond donors (Lipinski definition) is 3. The molecule has 226 valence electrons. The molecule has 1 aromatic heterocycles. The van der Waals surface area contributed by atoms with Gasteiger partial charge in [0, 0.05) is 41.5 Å². The lowest BCUT2D eigenvalue weighted by atomic mass is 10.0. The van der Waals surface area contributed by atoms with Gasteiger partial charge in [0.25, 0.3) is 0 Å². The van der Waals surface area contributed by atoms with Gasteiger partial charge in [0.05, 0.1) is 16.3 Å². The summed E-state index contributed by atoms with van der Waals surface area (Å²) in [5.74, 6) is 0.0179. The van der Waals surface area contributed by atoms with E-state index in [1.807, 2.05) is 45.1 Å². The molecule has 3 N–H and O–H groups in total. The zero-order valence-corrected chi connectivity index (χ0v) is 26.6. The third-order valence-corrected chi connectivity index (χ3v) is 7.26. The van der Waals surface area contributed by atoms with Gasteiger partial charge in [-0.3, -0.25) is 5.10 Å². The van der Waals surface area contributed by atoms with Gasteiger partial charge in [0.2, 0.25) is 0 Å². The first-order chi connectivity index (χ1) is 20.0. The zero-order chi connectivity index (χ0) is 31.4. The van der Waals surface area contributed by atoms with Gasteiger partial charge in [-0.05, 0) is 88.7 Å². The van der Waals surface area contributed by atoms with E-state index in [9.17, 15) is 0 Å². The average Bonchev–Trinajstić information content (AvgIpc) is 3.35. The number of aromatic nitrogens is 2. The number of nitrogens with one attached hydrogen (secondary N) is 3. The van der Waals surface area contributed by atoms with Crippen LogP contribution in [-0.2, 0) is 0 Å². The van der Waals surface area contributed by atoms with Crippen LogP contribution in [0.3, 0.4) is 0 Å². The second-order valence-electron chi connectivity index (χ2n) is 11.0. The second-order valence-corrected chi connectivity index (χ2v) is 11.0. The van der Waals surface area contributed by atoms with E-state index in [0.29, 0.717) is 33.8 Å². The van der Waals surface area contributed by atoms with E-state index in [1.165, 1.54) is 19.3 Å². The van der Waals surface area contributed by atoms with Crippen molar-refractivity contribution in [3.63, 3.8) is 0 Å². The summed E-state index contributed by atoms with van der Waals surface area (Å²) in [6, 6.07) is 0. The molecule has 0 aliphatic carbocycles. The van der Waals surface area contributed by atoms with Crippen molar-refractivity contribution in [1.29, 1.82) is 0 Å². The molecule has 0 bridgehead atoms.